The maximum Gasteiger partial charge on any atom is 0.253 e. The number of rotatable bonds is 5. The van der Waals surface area contributed by atoms with Crippen LogP contribution in [-0.4, -0.2) is 80.9 Å². The molecule has 1 amide bonds. The summed E-state index contributed by atoms with van der Waals surface area (Å²) in [6.45, 7) is 7.39. The van der Waals surface area contributed by atoms with E-state index in [-0.39, 0.29) is 5.91 Å². The molecule has 0 spiro atoms. The van der Waals surface area contributed by atoms with Gasteiger partial charge < -0.3 is 9.64 Å². The maximum atomic E-state index is 13.0. The average molecular weight is 444 g/mol. The Kier molecular flexibility index (Phi) is 6.71. The zero-order chi connectivity index (χ0) is 21.8. The molecule has 2 aromatic carbocycles. The molecule has 0 aromatic heterocycles. The quantitative estimate of drug-likeness (QED) is 0.707. The van der Waals surface area contributed by atoms with E-state index in [0.29, 0.717) is 36.6 Å². The molecule has 2 heterocycles. The van der Waals surface area contributed by atoms with Gasteiger partial charge in [-0.05, 0) is 36.8 Å². The van der Waals surface area contributed by atoms with Crippen LogP contribution in [0.4, 0.5) is 0 Å². The number of morpholine rings is 1. The maximum absolute atomic E-state index is 13.0. The van der Waals surface area contributed by atoms with Gasteiger partial charge in [-0.1, -0.05) is 29.8 Å². The molecule has 0 unspecified atom stereocenters. The van der Waals surface area contributed by atoms with E-state index in [1.807, 2.05) is 31.2 Å². The van der Waals surface area contributed by atoms with E-state index < -0.39 is 10.0 Å². The summed E-state index contributed by atoms with van der Waals surface area (Å²) >= 11 is 0. The summed E-state index contributed by atoms with van der Waals surface area (Å²) in [6, 6.07) is 14.6. The predicted octanol–water partition coefficient (Wildman–Crippen LogP) is 1.97. The Morgan fingerprint density at radius 3 is 2.29 bits per heavy atom. The Morgan fingerprint density at radius 1 is 0.935 bits per heavy atom. The number of sulfonamides is 1. The van der Waals surface area contributed by atoms with Gasteiger partial charge in [0, 0.05) is 51.4 Å². The van der Waals surface area contributed by atoms with Gasteiger partial charge in [0.05, 0.1) is 18.1 Å². The number of carbonyl (C=O) groups excluding carboxylic acids is 1. The minimum absolute atomic E-state index is 0.0452. The Hall–Kier alpha value is -2.26. The molecule has 31 heavy (non-hydrogen) atoms. The lowest BCUT2D eigenvalue weighted by Crippen LogP contribution is -2.50. The molecule has 8 heteroatoms. The van der Waals surface area contributed by atoms with E-state index in [1.54, 1.807) is 29.2 Å². The standard InChI is InChI=1S/C23H29N3O4S/c1-19-5-7-22(8-6-19)31(28,29)26-11-9-25(10-12-26)23(27)21-4-2-3-20(17-21)18-24-13-15-30-16-14-24/h2-8,17H,9-16,18H2,1H3. The van der Waals surface area contributed by atoms with Crippen LogP contribution in [0.1, 0.15) is 21.5 Å². The smallest absolute Gasteiger partial charge is 0.253 e. The van der Waals surface area contributed by atoms with Crippen LogP contribution in [0.3, 0.4) is 0 Å². The molecule has 0 radical (unpaired) electrons. The number of amides is 1. The van der Waals surface area contributed by atoms with Crippen molar-refractivity contribution in [3.8, 4) is 0 Å². The summed E-state index contributed by atoms with van der Waals surface area (Å²) in [7, 11) is -3.54. The fourth-order valence-corrected chi connectivity index (χ4v) is 5.42. The topological polar surface area (TPSA) is 70.2 Å². The van der Waals surface area contributed by atoms with E-state index in [1.165, 1.54) is 4.31 Å². The van der Waals surface area contributed by atoms with Gasteiger partial charge in [0.1, 0.15) is 0 Å². The van der Waals surface area contributed by atoms with Crippen LogP contribution in [0.2, 0.25) is 0 Å². The largest absolute Gasteiger partial charge is 0.379 e. The summed E-state index contributed by atoms with van der Waals surface area (Å²) in [4.78, 5) is 17.4. The molecular formula is C23H29N3O4S. The van der Waals surface area contributed by atoms with Crippen LogP contribution >= 0.6 is 0 Å². The minimum Gasteiger partial charge on any atom is -0.379 e. The van der Waals surface area contributed by atoms with Crippen LogP contribution in [0.15, 0.2) is 53.4 Å². The number of benzene rings is 2. The normalized spacial score (nSPS) is 18.8. The highest BCUT2D eigenvalue weighted by Crippen LogP contribution is 2.19. The third-order valence-corrected chi connectivity index (χ3v) is 7.78. The molecule has 0 bridgehead atoms. The van der Waals surface area contributed by atoms with Crippen molar-refractivity contribution in [1.29, 1.82) is 0 Å². The highest BCUT2D eigenvalue weighted by molar-refractivity contribution is 7.89. The van der Waals surface area contributed by atoms with Gasteiger partial charge in [0.2, 0.25) is 10.0 Å². The summed E-state index contributed by atoms with van der Waals surface area (Å²) < 4.78 is 32.6. The molecule has 2 aliphatic heterocycles. The Bertz CT molecular complexity index is 1010. The van der Waals surface area contributed by atoms with Gasteiger partial charge in [-0.25, -0.2) is 8.42 Å². The first kappa shape index (κ1) is 22.0. The zero-order valence-corrected chi connectivity index (χ0v) is 18.7. The second-order valence-electron chi connectivity index (χ2n) is 8.10. The number of carbonyl (C=O) groups is 1. The van der Waals surface area contributed by atoms with E-state index in [0.717, 1.165) is 44.0 Å². The highest BCUT2D eigenvalue weighted by atomic mass is 32.2. The van der Waals surface area contributed by atoms with E-state index in [4.69, 9.17) is 4.74 Å². The van der Waals surface area contributed by atoms with E-state index >= 15 is 0 Å². The van der Waals surface area contributed by atoms with Gasteiger partial charge in [0.25, 0.3) is 5.91 Å². The summed E-state index contributed by atoms with van der Waals surface area (Å²) in [5, 5.41) is 0. The predicted molar refractivity (Wildman–Crippen MR) is 118 cm³/mol. The molecule has 7 nitrogen and oxygen atoms in total. The van der Waals surface area contributed by atoms with Crippen molar-refractivity contribution in [2.45, 2.75) is 18.4 Å². The molecule has 2 fully saturated rings. The first-order valence-electron chi connectivity index (χ1n) is 10.7. The lowest BCUT2D eigenvalue weighted by molar-refractivity contribution is 0.0341. The van der Waals surface area contributed by atoms with Crippen LogP contribution in [0, 0.1) is 6.92 Å². The first-order chi connectivity index (χ1) is 14.9. The van der Waals surface area contributed by atoms with Gasteiger partial charge in [-0.3, -0.25) is 9.69 Å². The third kappa shape index (κ3) is 5.15. The number of aryl methyl sites for hydroxylation is 1. The Morgan fingerprint density at radius 2 is 1.61 bits per heavy atom. The van der Waals surface area contributed by atoms with Crippen LogP contribution in [0.25, 0.3) is 0 Å². The third-order valence-electron chi connectivity index (χ3n) is 5.87. The van der Waals surface area contributed by atoms with Gasteiger partial charge in [-0.2, -0.15) is 4.31 Å². The number of hydrogen-bond donors (Lipinski definition) is 0. The minimum atomic E-state index is -3.54. The lowest BCUT2D eigenvalue weighted by atomic mass is 10.1. The number of hydrogen-bond acceptors (Lipinski definition) is 5. The van der Waals surface area contributed by atoms with E-state index in [9.17, 15) is 13.2 Å². The monoisotopic (exact) mass is 443 g/mol. The fraction of sp³-hybridized carbons (Fsp3) is 0.435. The van der Waals surface area contributed by atoms with Gasteiger partial charge in [0.15, 0.2) is 0 Å². The summed E-state index contributed by atoms with van der Waals surface area (Å²) in [5.74, 6) is -0.0452. The SMILES string of the molecule is Cc1ccc(S(=O)(=O)N2CCN(C(=O)c3cccc(CN4CCOCC4)c3)CC2)cc1. The number of piperazine rings is 1. The van der Waals surface area contributed by atoms with Crippen molar-refractivity contribution in [3.63, 3.8) is 0 Å². The van der Waals surface area contributed by atoms with Crippen molar-refractivity contribution in [3.05, 3.63) is 65.2 Å². The molecule has 0 aliphatic carbocycles. The van der Waals surface area contributed by atoms with Gasteiger partial charge in [-0.15, -0.1) is 0 Å². The molecule has 2 saturated heterocycles. The molecule has 166 valence electrons. The van der Waals surface area contributed by atoms with Crippen molar-refractivity contribution >= 4 is 15.9 Å². The molecule has 2 aliphatic rings. The average Bonchev–Trinajstić information content (AvgIpc) is 2.80. The lowest BCUT2D eigenvalue weighted by Gasteiger charge is -2.34. The zero-order valence-electron chi connectivity index (χ0n) is 17.9. The Balaban J connectivity index is 1.38. The number of nitrogens with zero attached hydrogens (tertiary/aromatic N) is 3. The summed E-state index contributed by atoms with van der Waals surface area (Å²) in [5.41, 5.74) is 2.78. The van der Waals surface area contributed by atoms with Crippen molar-refractivity contribution in [1.82, 2.24) is 14.1 Å². The Labute approximate surface area is 184 Å². The fourth-order valence-electron chi connectivity index (χ4n) is 3.99. The van der Waals surface area contributed by atoms with Crippen LogP contribution < -0.4 is 0 Å². The van der Waals surface area contributed by atoms with Crippen molar-refractivity contribution in [2.24, 2.45) is 0 Å². The second kappa shape index (κ2) is 9.48. The second-order valence-corrected chi connectivity index (χ2v) is 10.0. The molecular weight excluding hydrogens is 414 g/mol. The molecule has 0 atom stereocenters. The van der Waals surface area contributed by atoms with E-state index in [2.05, 4.69) is 4.90 Å². The first-order valence-corrected chi connectivity index (χ1v) is 12.1. The van der Waals surface area contributed by atoms with Crippen molar-refractivity contribution in [2.75, 3.05) is 52.5 Å². The van der Waals surface area contributed by atoms with Crippen molar-refractivity contribution < 1.29 is 17.9 Å². The molecule has 0 saturated carbocycles. The summed E-state index contributed by atoms with van der Waals surface area (Å²) in [6.07, 6.45) is 0. The van der Waals surface area contributed by atoms with Crippen LogP contribution in [0.5, 0.6) is 0 Å². The highest BCUT2D eigenvalue weighted by Gasteiger charge is 2.30. The van der Waals surface area contributed by atoms with Crippen LogP contribution in [-0.2, 0) is 21.3 Å². The molecule has 4 rings (SSSR count). The molecule has 2 aromatic rings. The number of ether oxygens (including phenoxy) is 1. The van der Waals surface area contributed by atoms with Gasteiger partial charge >= 0.3 is 0 Å². The molecule has 0 N–H and O–H groups in total.